The van der Waals surface area contributed by atoms with Crippen LogP contribution in [0.25, 0.3) is 0 Å². The van der Waals surface area contributed by atoms with Gasteiger partial charge in [0.25, 0.3) is 5.56 Å². The molecule has 7 heteroatoms. The van der Waals surface area contributed by atoms with Crippen LogP contribution in [-0.4, -0.2) is 33.9 Å². The number of amides is 1. The molecule has 5 nitrogen and oxygen atoms in total. The monoisotopic (exact) mass is 409 g/mol. The van der Waals surface area contributed by atoms with E-state index in [0.29, 0.717) is 22.6 Å². The minimum Gasteiger partial charge on any atom is -0.341 e. The van der Waals surface area contributed by atoms with Crippen LogP contribution >= 0.6 is 0 Å². The van der Waals surface area contributed by atoms with E-state index in [0.717, 1.165) is 0 Å². The van der Waals surface area contributed by atoms with Crippen molar-refractivity contribution in [2.24, 2.45) is 0 Å². The minimum absolute atomic E-state index is 0.0782. The fourth-order valence-electron chi connectivity index (χ4n) is 4.11. The number of benzene rings is 2. The molecule has 1 aliphatic heterocycles. The lowest BCUT2D eigenvalue weighted by Crippen LogP contribution is -2.30. The van der Waals surface area contributed by atoms with Gasteiger partial charge >= 0.3 is 0 Å². The molecule has 30 heavy (non-hydrogen) atoms. The fraction of sp³-hybridized carbons (Fsp3) is 0.261. The van der Waals surface area contributed by atoms with Crippen molar-refractivity contribution in [1.29, 1.82) is 0 Å². The average molecular weight is 409 g/mol. The molecule has 4 rings (SSSR count). The van der Waals surface area contributed by atoms with Gasteiger partial charge in [-0.05, 0) is 30.2 Å². The van der Waals surface area contributed by atoms with E-state index >= 15 is 0 Å². The zero-order valence-corrected chi connectivity index (χ0v) is 16.4. The highest BCUT2D eigenvalue weighted by atomic mass is 19.1. The van der Waals surface area contributed by atoms with Crippen molar-refractivity contribution < 1.29 is 13.6 Å². The minimum atomic E-state index is -0.431. The van der Waals surface area contributed by atoms with Crippen molar-refractivity contribution in [3.63, 3.8) is 0 Å². The number of rotatable bonds is 4. The molecule has 0 aliphatic carbocycles. The molecule has 1 saturated heterocycles. The molecule has 1 aromatic heterocycles. The lowest BCUT2D eigenvalue weighted by atomic mass is 9.86. The number of aromatic amines is 1. The van der Waals surface area contributed by atoms with Gasteiger partial charge in [0, 0.05) is 31.0 Å². The zero-order chi connectivity index (χ0) is 21.3. The van der Waals surface area contributed by atoms with Crippen LogP contribution in [0.2, 0.25) is 0 Å². The number of aryl methyl sites for hydroxylation is 1. The molecule has 3 aromatic rings. The molecule has 2 heterocycles. The molecule has 0 spiro atoms. The summed E-state index contributed by atoms with van der Waals surface area (Å²) in [5.74, 6) is -1.28. The number of hydrogen-bond donors (Lipinski definition) is 1. The highest BCUT2D eigenvalue weighted by Gasteiger charge is 2.39. The molecule has 1 amide bonds. The van der Waals surface area contributed by atoms with E-state index in [1.807, 2.05) is 0 Å². The molecular formula is C23H21F2N3O2. The molecule has 1 N–H and O–H groups in total. The Morgan fingerprint density at radius 2 is 1.73 bits per heavy atom. The first kappa shape index (κ1) is 19.9. The Kier molecular flexibility index (Phi) is 5.44. The van der Waals surface area contributed by atoms with Crippen LogP contribution in [0.15, 0.2) is 59.4 Å². The summed E-state index contributed by atoms with van der Waals surface area (Å²) in [5, 5.41) is 0. The van der Waals surface area contributed by atoms with Gasteiger partial charge in [-0.1, -0.05) is 36.4 Å². The number of H-pyrrole nitrogens is 1. The molecule has 0 bridgehead atoms. The maximum Gasteiger partial charge on any atom is 0.251 e. The van der Waals surface area contributed by atoms with Gasteiger partial charge in [0.1, 0.15) is 17.5 Å². The van der Waals surface area contributed by atoms with Crippen LogP contribution in [0.4, 0.5) is 8.78 Å². The number of likely N-dealkylation sites (tertiary alicyclic amines) is 1. The van der Waals surface area contributed by atoms with E-state index in [4.69, 9.17) is 0 Å². The maximum atomic E-state index is 14.6. The fourth-order valence-corrected chi connectivity index (χ4v) is 4.11. The highest BCUT2D eigenvalue weighted by Crippen LogP contribution is 2.39. The Morgan fingerprint density at radius 1 is 1.07 bits per heavy atom. The number of nitrogens with zero attached hydrogens (tertiary/aromatic N) is 2. The summed E-state index contributed by atoms with van der Waals surface area (Å²) in [4.78, 5) is 33.5. The second-order valence-electron chi connectivity index (χ2n) is 7.56. The summed E-state index contributed by atoms with van der Waals surface area (Å²) in [6.45, 7) is 2.23. The lowest BCUT2D eigenvalue weighted by Gasteiger charge is -2.18. The number of carbonyl (C=O) groups is 1. The van der Waals surface area contributed by atoms with Gasteiger partial charge in [-0.2, -0.15) is 0 Å². The van der Waals surface area contributed by atoms with Crippen molar-refractivity contribution in [1.82, 2.24) is 14.9 Å². The third-order valence-electron chi connectivity index (χ3n) is 5.54. The van der Waals surface area contributed by atoms with E-state index in [-0.39, 0.29) is 48.6 Å². The highest BCUT2D eigenvalue weighted by molar-refractivity contribution is 5.79. The van der Waals surface area contributed by atoms with Gasteiger partial charge in [0.15, 0.2) is 0 Å². The lowest BCUT2D eigenvalue weighted by molar-refractivity contribution is -0.129. The number of nitrogens with one attached hydrogen (secondary N) is 1. The summed E-state index contributed by atoms with van der Waals surface area (Å²) in [6.07, 6.45) is -0.0782. The van der Waals surface area contributed by atoms with Gasteiger partial charge in [0.05, 0.1) is 12.1 Å². The first-order chi connectivity index (χ1) is 14.4. The van der Waals surface area contributed by atoms with E-state index in [2.05, 4.69) is 9.97 Å². The smallest absolute Gasteiger partial charge is 0.251 e. The average Bonchev–Trinajstić information content (AvgIpc) is 3.15. The van der Waals surface area contributed by atoms with Crippen molar-refractivity contribution in [3.8, 4) is 0 Å². The summed E-state index contributed by atoms with van der Waals surface area (Å²) in [5.41, 5.74) is 1.02. The van der Waals surface area contributed by atoms with Gasteiger partial charge in [-0.3, -0.25) is 9.59 Å². The van der Waals surface area contributed by atoms with Crippen LogP contribution in [0, 0.1) is 18.6 Å². The number of halogens is 2. The summed E-state index contributed by atoms with van der Waals surface area (Å²) < 4.78 is 28.6. The second kappa shape index (κ2) is 8.18. The molecule has 0 unspecified atom stereocenters. The molecular weight excluding hydrogens is 388 g/mol. The van der Waals surface area contributed by atoms with Crippen LogP contribution in [-0.2, 0) is 11.2 Å². The predicted molar refractivity (Wildman–Crippen MR) is 108 cm³/mol. The van der Waals surface area contributed by atoms with Crippen molar-refractivity contribution >= 4 is 5.91 Å². The quantitative estimate of drug-likeness (QED) is 0.719. The van der Waals surface area contributed by atoms with Crippen LogP contribution in [0.1, 0.15) is 34.5 Å². The van der Waals surface area contributed by atoms with Crippen molar-refractivity contribution in [2.75, 3.05) is 13.1 Å². The molecule has 1 aliphatic rings. The van der Waals surface area contributed by atoms with E-state index in [9.17, 15) is 18.4 Å². The Morgan fingerprint density at radius 3 is 2.43 bits per heavy atom. The van der Waals surface area contributed by atoms with Gasteiger partial charge in [-0.25, -0.2) is 13.8 Å². The van der Waals surface area contributed by atoms with Crippen LogP contribution in [0.5, 0.6) is 0 Å². The third-order valence-corrected chi connectivity index (χ3v) is 5.54. The third kappa shape index (κ3) is 4.01. The number of aromatic nitrogens is 2. The first-order valence-corrected chi connectivity index (χ1v) is 9.76. The second-order valence-corrected chi connectivity index (χ2v) is 7.56. The van der Waals surface area contributed by atoms with Gasteiger partial charge in [0.2, 0.25) is 5.91 Å². The Hall–Kier alpha value is -3.35. The number of hydrogen-bond acceptors (Lipinski definition) is 3. The molecule has 154 valence electrons. The van der Waals surface area contributed by atoms with E-state index < -0.39 is 5.82 Å². The molecule has 2 atom stereocenters. The Bertz CT molecular complexity index is 1150. The van der Waals surface area contributed by atoms with Gasteiger partial charge < -0.3 is 9.88 Å². The van der Waals surface area contributed by atoms with Crippen molar-refractivity contribution in [2.45, 2.75) is 25.2 Å². The molecule has 1 fully saturated rings. The number of carbonyl (C=O) groups excluding carboxylic acids is 1. The van der Waals surface area contributed by atoms with E-state index in [1.165, 1.54) is 18.2 Å². The zero-order valence-electron chi connectivity index (χ0n) is 16.4. The summed E-state index contributed by atoms with van der Waals surface area (Å²) in [7, 11) is 0. The standard InChI is InChI=1S/C23H21F2N3O2/c1-14-26-21(11-22(29)27-14)18-13-28(12-17(18)16-7-3-5-9-20(16)25)23(30)10-15-6-2-4-8-19(15)24/h2-9,11,17-18H,10,12-13H2,1H3,(H,26,27,29)/t17-,18+/m0/s1. The molecule has 0 saturated carbocycles. The Balaban J connectivity index is 1.67. The first-order valence-electron chi connectivity index (χ1n) is 9.76. The largest absolute Gasteiger partial charge is 0.341 e. The van der Waals surface area contributed by atoms with Crippen LogP contribution < -0.4 is 5.56 Å². The SMILES string of the molecule is Cc1nc([C@@H]2CN(C(=O)Cc3ccccc3F)C[C@H]2c2ccccc2F)cc(=O)[nH]1. The normalized spacial score (nSPS) is 18.6. The molecule has 0 radical (unpaired) electrons. The van der Waals surface area contributed by atoms with Crippen LogP contribution in [0.3, 0.4) is 0 Å². The van der Waals surface area contributed by atoms with E-state index in [1.54, 1.807) is 48.2 Å². The summed E-state index contributed by atoms with van der Waals surface area (Å²) in [6, 6.07) is 14.0. The Labute approximate surface area is 172 Å². The van der Waals surface area contributed by atoms with Gasteiger partial charge in [-0.15, -0.1) is 0 Å². The molecule has 2 aromatic carbocycles. The summed E-state index contributed by atoms with van der Waals surface area (Å²) >= 11 is 0. The topological polar surface area (TPSA) is 66.1 Å². The van der Waals surface area contributed by atoms with Crippen molar-refractivity contribution in [3.05, 3.63) is 99.2 Å². The predicted octanol–water partition coefficient (Wildman–Crippen LogP) is 3.31. The maximum absolute atomic E-state index is 14.6.